The maximum Gasteiger partial charge on any atom is 0.371 e. The van der Waals surface area contributed by atoms with Crippen LogP contribution in [0.3, 0.4) is 0 Å². The van der Waals surface area contributed by atoms with Crippen LogP contribution in [0.4, 0.5) is 5.69 Å². The van der Waals surface area contributed by atoms with Crippen molar-refractivity contribution < 1.29 is 14.3 Å². The van der Waals surface area contributed by atoms with Gasteiger partial charge in [0.2, 0.25) is 5.76 Å². The first-order chi connectivity index (χ1) is 13.2. The Bertz CT molecular complexity index is 1110. The topological polar surface area (TPSA) is 79.8 Å². The Morgan fingerprint density at radius 3 is 2.63 bits per heavy atom. The van der Waals surface area contributed by atoms with Gasteiger partial charge in [-0.05, 0) is 30.3 Å². The van der Waals surface area contributed by atoms with Gasteiger partial charge in [0, 0.05) is 22.7 Å². The van der Waals surface area contributed by atoms with E-state index in [9.17, 15) is 4.79 Å². The highest BCUT2D eigenvalue weighted by atomic mass is 16.4. The van der Waals surface area contributed by atoms with Crippen molar-refractivity contribution in [2.75, 3.05) is 5.43 Å². The third kappa shape index (κ3) is 3.59. The van der Waals surface area contributed by atoms with E-state index >= 15 is 0 Å². The van der Waals surface area contributed by atoms with Gasteiger partial charge < -0.3 is 14.1 Å². The highest BCUT2D eigenvalue weighted by Crippen LogP contribution is 2.22. The maximum absolute atomic E-state index is 11.0. The van der Waals surface area contributed by atoms with E-state index in [2.05, 4.69) is 10.5 Å². The lowest BCUT2D eigenvalue weighted by atomic mass is 10.2. The molecule has 6 heteroatoms. The normalized spacial score (nSPS) is 11.3. The van der Waals surface area contributed by atoms with Gasteiger partial charge in [-0.15, -0.1) is 0 Å². The number of benzene rings is 2. The second-order valence-electron chi connectivity index (χ2n) is 6.04. The molecule has 2 aromatic heterocycles. The molecule has 4 rings (SSSR count). The molecular weight excluding hydrogens is 342 g/mol. The molecule has 0 saturated carbocycles. The van der Waals surface area contributed by atoms with Gasteiger partial charge >= 0.3 is 5.97 Å². The Kier molecular flexibility index (Phi) is 4.45. The summed E-state index contributed by atoms with van der Waals surface area (Å²) in [6, 6.07) is 20.9. The zero-order chi connectivity index (χ0) is 18.6. The van der Waals surface area contributed by atoms with Crippen molar-refractivity contribution in [1.29, 1.82) is 0 Å². The first kappa shape index (κ1) is 16.7. The molecule has 134 valence electrons. The van der Waals surface area contributed by atoms with Crippen molar-refractivity contribution in [2.45, 2.75) is 6.54 Å². The van der Waals surface area contributed by atoms with Crippen LogP contribution in [0, 0.1) is 0 Å². The summed E-state index contributed by atoms with van der Waals surface area (Å²) in [5.74, 6) is -0.548. The number of aromatic nitrogens is 1. The predicted octanol–water partition coefficient (Wildman–Crippen LogP) is 4.43. The molecule has 2 heterocycles. The van der Waals surface area contributed by atoms with Crippen molar-refractivity contribution in [1.82, 2.24) is 4.57 Å². The summed E-state index contributed by atoms with van der Waals surface area (Å²) in [7, 11) is 0. The Morgan fingerprint density at radius 2 is 1.85 bits per heavy atom. The first-order valence-electron chi connectivity index (χ1n) is 8.45. The summed E-state index contributed by atoms with van der Waals surface area (Å²) in [6.45, 7) is 0.438. The van der Waals surface area contributed by atoms with E-state index in [-0.39, 0.29) is 5.76 Å². The van der Waals surface area contributed by atoms with Gasteiger partial charge in [0.15, 0.2) is 0 Å². The van der Waals surface area contributed by atoms with Gasteiger partial charge in [-0.3, -0.25) is 5.43 Å². The van der Waals surface area contributed by atoms with E-state index in [1.54, 1.807) is 12.3 Å². The third-order valence-corrected chi connectivity index (χ3v) is 4.19. The number of nitrogens with one attached hydrogen (secondary N) is 1. The van der Waals surface area contributed by atoms with Crippen LogP contribution in [-0.4, -0.2) is 21.9 Å². The molecule has 4 aromatic rings. The van der Waals surface area contributed by atoms with Crippen LogP contribution in [0.5, 0.6) is 0 Å². The van der Waals surface area contributed by atoms with Crippen LogP contribution >= 0.6 is 0 Å². The number of nitrogens with zero attached hydrogens (tertiary/aromatic N) is 2. The lowest BCUT2D eigenvalue weighted by Crippen LogP contribution is -1.97. The molecule has 0 fully saturated rings. The average Bonchev–Trinajstić information content (AvgIpc) is 3.29. The number of fused-ring (bicyclic) bond motifs is 1. The quantitative estimate of drug-likeness (QED) is 0.394. The molecule has 2 N–H and O–H groups in total. The summed E-state index contributed by atoms with van der Waals surface area (Å²) in [6.07, 6.45) is 3.75. The van der Waals surface area contributed by atoms with Gasteiger partial charge in [0.25, 0.3) is 0 Å². The zero-order valence-corrected chi connectivity index (χ0v) is 14.4. The lowest BCUT2D eigenvalue weighted by Gasteiger charge is -2.02. The Hall–Kier alpha value is -3.80. The van der Waals surface area contributed by atoms with Crippen LogP contribution in [0.2, 0.25) is 0 Å². The molecule has 0 saturated heterocycles. The number of hydrazone groups is 1. The SMILES string of the molecule is O=C(O)c1ccc(Cn2cc(/C=N\Nc3ccccc3)c3ccccc32)o1. The van der Waals surface area contributed by atoms with Gasteiger partial charge in [-0.25, -0.2) is 4.79 Å². The van der Waals surface area contributed by atoms with Crippen molar-refractivity contribution in [3.63, 3.8) is 0 Å². The summed E-state index contributed by atoms with van der Waals surface area (Å²) >= 11 is 0. The zero-order valence-electron chi connectivity index (χ0n) is 14.4. The fourth-order valence-electron chi connectivity index (χ4n) is 2.94. The Balaban J connectivity index is 1.61. The molecule has 0 aliphatic heterocycles. The van der Waals surface area contributed by atoms with Crippen LogP contribution < -0.4 is 5.43 Å². The van der Waals surface area contributed by atoms with Gasteiger partial charge in [-0.2, -0.15) is 5.10 Å². The van der Waals surface area contributed by atoms with Gasteiger partial charge in [-0.1, -0.05) is 36.4 Å². The number of carboxylic acids is 1. The second kappa shape index (κ2) is 7.21. The fourth-order valence-corrected chi connectivity index (χ4v) is 2.94. The number of aromatic carboxylic acids is 1. The number of carbonyl (C=O) groups is 1. The number of rotatable bonds is 6. The molecule has 0 bridgehead atoms. The minimum atomic E-state index is -1.07. The van der Waals surface area contributed by atoms with E-state index in [1.165, 1.54) is 6.07 Å². The first-order valence-corrected chi connectivity index (χ1v) is 8.45. The molecule has 27 heavy (non-hydrogen) atoms. The highest BCUT2D eigenvalue weighted by molar-refractivity contribution is 5.99. The van der Waals surface area contributed by atoms with E-state index in [0.29, 0.717) is 12.3 Å². The molecule has 6 nitrogen and oxygen atoms in total. The minimum absolute atomic E-state index is 0.0599. The number of anilines is 1. The molecule has 2 aromatic carbocycles. The number of hydrogen-bond donors (Lipinski definition) is 2. The van der Waals surface area contributed by atoms with Crippen LogP contribution in [0.1, 0.15) is 21.9 Å². The predicted molar refractivity (Wildman–Crippen MR) is 104 cm³/mol. The molecule has 0 unspecified atom stereocenters. The Morgan fingerprint density at radius 1 is 1.07 bits per heavy atom. The lowest BCUT2D eigenvalue weighted by molar-refractivity contribution is 0.0660. The third-order valence-electron chi connectivity index (χ3n) is 4.19. The molecule has 0 radical (unpaired) electrons. The van der Waals surface area contributed by atoms with Crippen molar-refractivity contribution in [2.24, 2.45) is 5.10 Å². The average molecular weight is 359 g/mol. The van der Waals surface area contributed by atoms with Crippen LogP contribution in [0.25, 0.3) is 10.9 Å². The number of carboxylic acid groups (broad SMARTS) is 1. The van der Waals surface area contributed by atoms with E-state index in [1.807, 2.05) is 65.4 Å². The van der Waals surface area contributed by atoms with Gasteiger partial charge in [0.1, 0.15) is 5.76 Å². The van der Waals surface area contributed by atoms with Crippen molar-refractivity contribution in [3.8, 4) is 0 Å². The summed E-state index contributed by atoms with van der Waals surface area (Å²) in [4.78, 5) is 11.0. The standard InChI is InChI=1S/C21H17N3O3/c25-21(26)20-11-10-17(27-20)14-24-13-15(18-8-4-5-9-19(18)24)12-22-23-16-6-2-1-3-7-16/h1-13,23H,14H2,(H,25,26)/b22-12-. The van der Waals surface area contributed by atoms with Gasteiger partial charge in [0.05, 0.1) is 18.4 Å². The summed E-state index contributed by atoms with van der Waals surface area (Å²) in [5.41, 5.74) is 5.90. The molecule has 0 spiro atoms. The molecule has 0 aliphatic carbocycles. The van der Waals surface area contributed by atoms with Crippen molar-refractivity contribution >= 4 is 28.8 Å². The monoisotopic (exact) mass is 359 g/mol. The summed E-state index contributed by atoms with van der Waals surface area (Å²) in [5, 5.41) is 14.4. The largest absolute Gasteiger partial charge is 0.475 e. The number of hydrogen-bond acceptors (Lipinski definition) is 4. The van der Waals surface area contributed by atoms with Crippen molar-refractivity contribution in [3.05, 3.63) is 90.0 Å². The molecule has 0 aliphatic rings. The second-order valence-corrected chi connectivity index (χ2v) is 6.04. The minimum Gasteiger partial charge on any atom is -0.475 e. The summed E-state index contributed by atoms with van der Waals surface area (Å²) < 4.78 is 7.40. The van der Waals surface area contributed by atoms with E-state index < -0.39 is 5.97 Å². The number of furan rings is 1. The van der Waals surface area contributed by atoms with Crippen LogP contribution in [0.15, 0.2) is 82.4 Å². The molecule has 0 atom stereocenters. The molecule has 0 amide bonds. The molecular formula is C21H17N3O3. The highest BCUT2D eigenvalue weighted by Gasteiger charge is 2.12. The fraction of sp³-hybridized carbons (Fsp3) is 0.0476. The van der Waals surface area contributed by atoms with Crippen LogP contribution in [-0.2, 0) is 6.54 Å². The van der Waals surface area contributed by atoms with E-state index in [4.69, 9.17) is 9.52 Å². The Labute approximate surface area is 155 Å². The smallest absolute Gasteiger partial charge is 0.371 e. The maximum atomic E-state index is 11.0. The number of para-hydroxylation sites is 2. The van der Waals surface area contributed by atoms with E-state index in [0.717, 1.165) is 22.2 Å².